The molecule has 92 valence electrons. The van der Waals surface area contributed by atoms with Crippen molar-refractivity contribution in [3.63, 3.8) is 0 Å². The summed E-state index contributed by atoms with van der Waals surface area (Å²) in [5.41, 5.74) is 0. The standard InChI is InChI=1S/C12H32Si3/c1-4-7-10-13-14-15(11-8-5-2)12-9-6-3/h15H,4-14H2,1-3H3. The van der Waals surface area contributed by atoms with E-state index in [1.807, 2.05) is 0 Å². The van der Waals surface area contributed by atoms with E-state index < -0.39 is 0 Å². The molecule has 0 aromatic carbocycles. The molecular weight excluding hydrogens is 228 g/mol. The normalized spacial score (nSPS) is 12.8. The van der Waals surface area contributed by atoms with Crippen LogP contribution in [-0.4, -0.2) is 25.9 Å². The predicted octanol–water partition coefficient (Wildman–Crippen LogP) is 2.78. The van der Waals surface area contributed by atoms with Crippen LogP contribution < -0.4 is 0 Å². The fourth-order valence-electron chi connectivity index (χ4n) is 2.28. The van der Waals surface area contributed by atoms with Crippen molar-refractivity contribution in [1.82, 2.24) is 0 Å². The lowest BCUT2D eigenvalue weighted by atomic mass is 10.4. The van der Waals surface area contributed by atoms with Crippen LogP contribution in [0.25, 0.3) is 0 Å². The van der Waals surface area contributed by atoms with Crippen LogP contribution in [0.3, 0.4) is 0 Å². The first-order valence-corrected chi connectivity index (χ1v) is 17.2. The highest BCUT2D eigenvalue weighted by molar-refractivity contribution is 7.35. The smallest absolute Gasteiger partial charge is 0.0210 e. The van der Waals surface area contributed by atoms with E-state index in [2.05, 4.69) is 20.8 Å². The minimum Gasteiger partial charge on any atom is -0.0654 e. The summed E-state index contributed by atoms with van der Waals surface area (Å²) in [5, 5.41) is 0. The zero-order valence-electron chi connectivity index (χ0n) is 11.4. The Morgan fingerprint density at radius 3 is 1.80 bits per heavy atom. The Morgan fingerprint density at radius 2 is 1.33 bits per heavy atom. The van der Waals surface area contributed by atoms with Crippen molar-refractivity contribution in [1.29, 1.82) is 0 Å². The minimum absolute atomic E-state index is 0.111. The summed E-state index contributed by atoms with van der Waals surface area (Å²) >= 11 is 0. The average molecular weight is 261 g/mol. The first-order chi connectivity index (χ1) is 7.35. The second-order valence-corrected chi connectivity index (χ2v) is 22.4. The molecule has 0 rings (SSSR count). The second-order valence-electron chi connectivity index (χ2n) is 5.00. The van der Waals surface area contributed by atoms with Gasteiger partial charge in [-0.25, -0.2) is 0 Å². The summed E-state index contributed by atoms with van der Waals surface area (Å²) in [7, 11) is 0.929. The highest BCUT2D eigenvalue weighted by atomic mass is 29.5. The predicted molar refractivity (Wildman–Crippen MR) is 83.4 cm³/mol. The first-order valence-electron chi connectivity index (χ1n) is 7.35. The molecule has 0 fully saturated rings. The van der Waals surface area contributed by atoms with E-state index >= 15 is 0 Å². The maximum absolute atomic E-state index is 2.36. The number of hydrogen-bond acceptors (Lipinski definition) is 0. The fraction of sp³-hybridized carbons (Fsp3) is 1.00. The molecule has 0 aliphatic heterocycles. The van der Waals surface area contributed by atoms with Crippen molar-refractivity contribution >= 4 is 25.9 Å². The number of hydrogen-bond donors (Lipinski definition) is 0. The third kappa shape index (κ3) is 10.9. The summed E-state index contributed by atoms with van der Waals surface area (Å²) in [4.78, 5) is 0. The topological polar surface area (TPSA) is 0 Å². The van der Waals surface area contributed by atoms with Crippen LogP contribution in [0.1, 0.15) is 59.3 Å². The Labute approximate surface area is 103 Å². The maximum Gasteiger partial charge on any atom is 0.0210 e. The van der Waals surface area contributed by atoms with Gasteiger partial charge in [0.2, 0.25) is 0 Å². The summed E-state index contributed by atoms with van der Waals surface area (Å²) in [5.74, 6) is 0. The van der Waals surface area contributed by atoms with E-state index in [9.17, 15) is 0 Å². The lowest BCUT2D eigenvalue weighted by Crippen LogP contribution is -2.27. The molecule has 0 N–H and O–H groups in total. The van der Waals surface area contributed by atoms with Gasteiger partial charge in [-0.1, -0.05) is 77.4 Å². The molecule has 0 aliphatic carbocycles. The van der Waals surface area contributed by atoms with Gasteiger partial charge in [0.1, 0.15) is 0 Å². The van der Waals surface area contributed by atoms with E-state index in [1.165, 1.54) is 19.3 Å². The molecule has 0 spiro atoms. The van der Waals surface area contributed by atoms with Gasteiger partial charge in [-0.3, -0.25) is 0 Å². The number of unbranched alkanes of at least 4 members (excludes halogenated alkanes) is 3. The highest BCUT2D eigenvalue weighted by Gasteiger charge is 2.09. The minimum atomic E-state index is -0.111. The van der Waals surface area contributed by atoms with Gasteiger partial charge in [0.25, 0.3) is 0 Å². The van der Waals surface area contributed by atoms with Gasteiger partial charge in [0.05, 0.1) is 0 Å². The lowest BCUT2D eigenvalue weighted by Gasteiger charge is -2.13. The summed E-state index contributed by atoms with van der Waals surface area (Å²) in [6.45, 7) is 7.07. The molecule has 0 aromatic rings. The van der Waals surface area contributed by atoms with Crippen LogP contribution in [0.4, 0.5) is 0 Å². The molecule has 0 saturated heterocycles. The van der Waals surface area contributed by atoms with Crippen molar-refractivity contribution in [3.05, 3.63) is 0 Å². The van der Waals surface area contributed by atoms with Crippen molar-refractivity contribution in [3.8, 4) is 0 Å². The molecule has 0 unspecified atom stereocenters. The van der Waals surface area contributed by atoms with Crippen molar-refractivity contribution in [2.45, 2.75) is 77.4 Å². The van der Waals surface area contributed by atoms with E-state index in [-0.39, 0.29) is 8.31 Å². The molecule has 15 heavy (non-hydrogen) atoms. The van der Waals surface area contributed by atoms with Crippen molar-refractivity contribution < 1.29 is 0 Å². The zero-order valence-corrected chi connectivity index (χ0v) is 15.3. The lowest BCUT2D eigenvalue weighted by molar-refractivity contribution is 0.848. The summed E-state index contributed by atoms with van der Waals surface area (Å²) in [6, 6.07) is 5.15. The molecule has 0 radical (unpaired) electrons. The molecule has 0 aromatic heterocycles. The van der Waals surface area contributed by atoms with Gasteiger partial charge in [0.15, 0.2) is 0 Å². The Kier molecular flexibility index (Phi) is 13.3. The highest BCUT2D eigenvalue weighted by Crippen LogP contribution is 2.09. The molecule has 0 bridgehead atoms. The van der Waals surface area contributed by atoms with Gasteiger partial charge in [-0.05, 0) is 0 Å². The molecule has 0 heterocycles. The SMILES string of the molecule is CCCC[SiH2][SiH2][SiH](CCCC)CCCC. The zero-order chi connectivity index (χ0) is 11.4. The Balaban J connectivity index is 3.49. The first kappa shape index (κ1) is 15.7. The van der Waals surface area contributed by atoms with Gasteiger partial charge < -0.3 is 0 Å². The molecule has 0 atom stereocenters. The average Bonchev–Trinajstić information content (AvgIpc) is 2.27. The van der Waals surface area contributed by atoms with Crippen molar-refractivity contribution in [2.24, 2.45) is 0 Å². The Bertz CT molecular complexity index is 109. The van der Waals surface area contributed by atoms with Crippen LogP contribution in [0.15, 0.2) is 0 Å². The van der Waals surface area contributed by atoms with Gasteiger partial charge in [0, 0.05) is 25.9 Å². The summed E-state index contributed by atoms with van der Waals surface area (Å²) < 4.78 is 0. The molecule has 0 amide bonds. The molecule has 0 nitrogen and oxygen atoms in total. The maximum atomic E-state index is 2.36. The van der Waals surface area contributed by atoms with Crippen LogP contribution >= 0.6 is 0 Å². The van der Waals surface area contributed by atoms with E-state index in [0.29, 0.717) is 17.6 Å². The van der Waals surface area contributed by atoms with Gasteiger partial charge in [-0.2, -0.15) is 0 Å². The monoisotopic (exact) mass is 260 g/mol. The van der Waals surface area contributed by atoms with Crippen LogP contribution in [0, 0.1) is 0 Å². The number of rotatable bonds is 11. The van der Waals surface area contributed by atoms with Crippen LogP contribution in [0.5, 0.6) is 0 Å². The third-order valence-corrected chi connectivity index (χ3v) is 26.7. The molecular formula is C12H32Si3. The molecule has 0 aliphatic rings. The van der Waals surface area contributed by atoms with E-state index in [0.717, 1.165) is 0 Å². The molecule has 0 saturated carbocycles. The molecule has 3 heteroatoms. The van der Waals surface area contributed by atoms with Crippen molar-refractivity contribution in [2.75, 3.05) is 0 Å². The third-order valence-electron chi connectivity index (χ3n) is 3.40. The Morgan fingerprint density at radius 1 is 0.800 bits per heavy atom. The largest absolute Gasteiger partial charge is 0.0654 e. The van der Waals surface area contributed by atoms with E-state index in [4.69, 9.17) is 0 Å². The van der Waals surface area contributed by atoms with E-state index in [1.54, 1.807) is 37.4 Å². The quantitative estimate of drug-likeness (QED) is 0.396. The van der Waals surface area contributed by atoms with Gasteiger partial charge in [-0.15, -0.1) is 0 Å². The van der Waals surface area contributed by atoms with Gasteiger partial charge >= 0.3 is 0 Å². The second kappa shape index (κ2) is 12.7. The van der Waals surface area contributed by atoms with Crippen LogP contribution in [-0.2, 0) is 0 Å². The van der Waals surface area contributed by atoms with Crippen LogP contribution in [0.2, 0.25) is 18.1 Å². The summed E-state index contributed by atoms with van der Waals surface area (Å²) in [6.07, 6.45) is 9.02. The fourth-order valence-corrected chi connectivity index (χ4v) is 26.9. The Hall–Kier alpha value is 0.651.